The van der Waals surface area contributed by atoms with E-state index in [-0.39, 0.29) is 24.9 Å². The van der Waals surface area contributed by atoms with Gasteiger partial charge in [0, 0.05) is 6.54 Å². The molecule has 2 N–H and O–H groups in total. The molecule has 0 radical (unpaired) electrons. The van der Waals surface area contributed by atoms with Gasteiger partial charge in [-0.1, -0.05) is 23.4 Å². The van der Waals surface area contributed by atoms with Crippen molar-refractivity contribution in [1.29, 1.82) is 0 Å². The Hall–Kier alpha value is -3.10. The van der Waals surface area contributed by atoms with Gasteiger partial charge < -0.3 is 14.8 Å². The van der Waals surface area contributed by atoms with Crippen molar-refractivity contribution in [2.45, 2.75) is 19.9 Å². The molecule has 1 aromatic heterocycles. The van der Waals surface area contributed by atoms with Crippen LogP contribution >= 0.6 is 0 Å². The van der Waals surface area contributed by atoms with Crippen molar-refractivity contribution in [3.63, 3.8) is 0 Å². The maximum absolute atomic E-state index is 11.9. The van der Waals surface area contributed by atoms with Crippen LogP contribution in [0.1, 0.15) is 12.5 Å². The summed E-state index contributed by atoms with van der Waals surface area (Å²) in [7, 11) is 1.62. The molecule has 9 heteroatoms. The predicted molar refractivity (Wildman–Crippen MR) is 90.4 cm³/mol. The van der Waals surface area contributed by atoms with E-state index >= 15 is 0 Å². The molecule has 0 aliphatic carbocycles. The number of carbonyl (C=O) groups is 2. The van der Waals surface area contributed by atoms with Crippen LogP contribution in [0.25, 0.3) is 0 Å². The first-order valence-electron chi connectivity index (χ1n) is 7.85. The lowest BCUT2D eigenvalue weighted by atomic mass is 10.1. The zero-order valence-corrected chi connectivity index (χ0v) is 14.2. The van der Waals surface area contributed by atoms with Crippen molar-refractivity contribution < 1.29 is 19.1 Å². The summed E-state index contributed by atoms with van der Waals surface area (Å²) in [4.78, 5) is 23.2. The molecule has 134 valence electrons. The standard InChI is InChI=1S/C16H21N5O4/c1-3-25-16(23)18-14-10-21(20-19-14)11-15(22)17-9-8-12-6-4-5-7-13(12)24-2/h4-7,10H,3,8-9,11H2,1-2H3,(H,17,22)(H,18,23). The Morgan fingerprint density at radius 1 is 1.28 bits per heavy atom. The fourth-order valence-corrected chi connectivity index (χ4v) is 2.15. The third-order valence-electron chi connectivity index (χ3n) is 3.26. The van der Waals surface area contributed by atoms with Crippen LogP contribution in [-0.4, -0.2) is 47.3 Å². The molecule has 2 aromatic rings. The zero-order valence-electron chi connectivity index (χ0n) is 14.2. The fourth-order valence-electron chi connectivity index (χ4n) is 2.15. The Morgan fingerprint density at radius 3 is 2.84 bits per heavy atom. The van der Waals surface area contributed by atoms with Gasteiger partial charge in [-0.25, -0.2) is 9.48 Å². The van der Waals surface area contributed by atoms with E-state index in [9.17, 15) is 9.59 Å². The highest BCUT2D eigenvalue weighted by molar-refractivity contribution is 5.83. The minimum absolute atomic E-state index is 0.00340. The second-order valence-corrected chi connectivity index (χ2v) is 5.06. The summed E-state index contributed by atoms with van der Waals surface area (Å²) in [5.74, 6) is 0.811. The van der Waals surface area contributed by atoms with Gasteiger partial charge in [-0.15, -0.1) is 5.10 Å². The summed E-state index contributed by atoms with van der Waals surface area (Å²) in [6.45, 7) is 2.44. The average Bonchev–Trinajstić information content (AvgIpc) is 3.02. The van der Waals surface area contributed by atoms with E-state index < -0.39 is 6.09 Å². The number of methoxy groups -OCH3 is 1. The lowest BCUT2D eigenvalue weighted by Crippen LogP contribution is -2.29. The molecular formula is C16H21N5O4. The monoisotopic (exact) mass is 347 g/mol. The summed E-state index contributed by atoms with van der Waals surface area (Å²) in [5, 5.41) is 12.7. The Balaban J connectivity index is 1.77. The van der Waals surface area contributed by atoms with E-state index in [1.54, 1.807) is 14.0 Å². The van der Waals surface area contributed by atoms with E-state index in [2.05, 4.69) is 20.9 Å². The highest BCUT2D eigenvalue weighted by atomic mass is 16.5. The SMILES string of the molecule is CCOC(=O)Nc1cn(CC(=O)NCCc2ccccc2OC)nn1. The lowest BCUT2D eigenvalue weighted by molar-refractivity contribution is -0.121. The van der Waals surface area contributed by atoms with E-state index in [0.29, 0.717) is 13.0 Å². The third-order valence-corrected chi connectivity index (χ3v) is 3.26. The van der Waals surface area contributed by atoms with E-state index in [1.807, 2.05) is 24.3 Å². The molecule has 0 unspecified atom stereocenters. The highest BCUT2D eigenvalue weighted by Gasteiger charge is 2.09. The van der Waals surface area contributed by atoms with Gasteiger partial charge in [0.1, 0.15) is 12.3 Å². The second-order valence-electron chi connectivity index (χ2n) is 5.06. The van der Waals surface area contributed by atoms with Crippen LogP contribution in [0, 0.1) is 0 Å². The van der Waals surface area contributed by atoms with E-state index in [1.165, 1.54) is 10.9 Å². The number of carbonyl (C=O) groups excluding carboxylic acids is 2. The number of hydrogen-bond donors (Lipinski definition) is 2. The number of aromatic nitrogens is 3. The normalized spacial score (nSPS) is 10.2. The Labute approximate surface area is 145 Å². The molecule has 25 heavy (non-hydrogen) atoms. The molecule has 0 spiro atoms. The average molecular weight is 347 g/mol. The first-order chi connectivity index (χ1) is 12.1. The minimum atomic E-state index is -0.615. The quantitative estimate of drug-likeness (QED) is 0.743. The van der Waals surface area contributed by atoms with Crippen LogP contribution in [0.4, 0.5) is 10.6 Å². The summed E-state index contributed by atoms with van der Waals surface area (Å²) < 4.78 is 11.3. The summed E-state index contributed by atoms with van der Waals surface area (Å²) in [6.07, 6.45) is 1.50. The molecular weight excluding hydrogens is 326 g/mol. The van der Waals surface area contributed by atoms with Crippen LogP contribution in [-0.2, 0) is 22.5 Å². The van der Waals surface area contributed by atoms with Crippen molar-refractivity contribution >= 4 is 17.8 Å². The Morgan fingerprint density at radius 2 is 2.08 bits per heavy atom. The molecule has 0 atom stereocenters. The molecule has 0 fully saturated rings. The Bertz CT molecular complexity index is 716. The first kappa shape index (κ1) is 18.2. The third kappa shape index (κ3) is 5.79. The number of nitrogens with zero attached hydrogens (tertiary/aromatic N) is 3. The summed E-state index contributed by atoms with van der Waals surface area (Å²) in [6, 6.07) is 7.65. The first-order valence-corrected chi connectivity index (χ1v) is 7.85. The number of benzene rings is 1. The second kappa shape index (κ2) is 9.26. The van der Waals surface area contributed by atoms with Gasteiger partial charge in [-0.3, -0.25) is 10.1 Å². The Kier molecular flexibility index (Phi) is 6.76. The molecule has 0 saturated heterocycles. The smallest absolute Gasteiger partial charge is 0.412 e. The van der Waals surface area contributed by atoms with Crippen LogP contribution < -0.4 is 15.4 Å². The van der Waals surface area contributed by atoms with Crippen molar-refractivity contribution in [2.75, 3.05) is 25.6 Å². The number of amides is 2. The zero-order chi connectivity index (χ0) is 18.1. The van der Waals surface area contributed by atoms with Crippen LogP contribution in [0.3, 0.4) is 0 Å². The molecule has 2 amide bonds. The van der Waals surface area contributed by atoms with Gasteiger partial charge in [0.25, 0.3) is 0 Å². The fraction of sp³-hybridized carbons (Fsp3) is 0.375. The van der Waals surface area contributed by atoms with Crippen molar-refractivity contribution in [3.8, 4) is 5.75 Å². The summed E-state index contributed by atoms with van der Waals surface area (Å²) in [5.41, 5.74) is 1.02. The summed E-state index contributed by atoms with van der Waals surface area (Å²) >= 11 is 0. The number of ether oxygens (including phenoxy) is 2. The molecule has 0 aliphatic heterocycles. The maximum Gasteiger partial charge on any atom is 0.412 e. The van der Waals surface area contributed by atoms with Gasteiger partial charge in [-0.05, 0) is 25.0 Å². The van der Waals surface area contributed by atoms with Gasteiger partial charge in [0.15, 0.2) is 5.82 Å². The number of hydrogen-bond acceptors (Lipinski definition) is 6. The molecule has 0 saturated carbocycles. The molecule has 1 heterocycles. The van der Waals surface area contributed by atoms with Gasteiger partial charge >= 0.3 is 6.09 Å². The predicted octanol–water partition coefficient (Wildman–Crippen LogP) is 1.21. The number of nitrogens with one attached hydrogen (secondary N) is 2. The van der Waals surface area contributed by atoms with Crippen molar-refractivity contribution in [2.24, 2.45) is 0 Å². The highest BCUT2D eigenvalue weighted by Crippen LogP contribution is 2.17. The van der Waals surface area contributed by atoms with Gasteiger partial charge in [-0.2, -0.15) is 0 Å². The van der Waals surface area contributed by atoms with E-state index in [0.717, 1.165) is 11.3 Å². The van der Waals surface area contributed by atoms with Gasteiger partial charge in [0.2, 0.25) is 5.91 Å². The lowest BCUT2D eigenvalue weighted by Gasteiger charge is -2.09. The van der Waals surface area contributed by atoms with E-state index in [4.69, 9.17) is 9.47 Å². The largest absolute Gasteiger partial charge is 0.496 e. The van der Waals surface area contributed by atoms with Crippen LogP contribution in [0.15, 0.2) is 30.5 Å². The molecule has 1 aromatic carbocycles. The minimum Gasteiger partial charge on any atom is -0.496 e. The van der Waals surface area contributed by atoms with Crippen LogP contribution in [0.5, 0.6) is 5.75 Å². The molecule has 9 nitrogen and oxygen atoms in total. The molecule has 2 rings (SSSR count). The van der Waals surface area contributed by atoms with Crippen molar-refractivity contribution in [1.82, 2.24) is 20.3 Å². The van der Waals surface area contributed by atoms with Crippen LogP contribution in [0.2, 0.25) is 0 Å². The molecule has 0 aliphatic rings. The number of para-hydroxylation sites is 1. The van der Waals surface area contributed by atoms with Crippen molar-refractivity contribution in [3.05, 3.63) is 36.0 Å². The number of rotatable bonds is 8. The maximum atomic E-state index is 11.9. The topological polar surface area (TPSA) is 107 Å². The number of anilines is 1. The van der Waals surface area contributed by atoms with Gasteiger partial charge in [0.05, 0.1) is 19.9 Å². The molecule has 0 bridgehead atoms.